The highest BCUT2D eigenvalue weighted by molar-refractivity contribution is 9.10. The van der Waals surface area contributed by atoms with E-state index in [-0.39, 0.29) is 46.6 Å². The number of carboxylic acids is 1. The molecule has 2 unspecified atom stereocenters. The molecule has 2 atom stereocenters. The van der Waals surface area contributed by atoms with E-state index in [1.54, 1.807) is 60.7 Å². The summed E-state index contributed by atoms with van der Waals surface area (Å²) in [5.41, 5.74) is 1.43. The number of benzene rings is 3. The Balaban J connectivity index is 1.22. The summed E-state index contributed by atoms with van der Waals surface area (Å²) in [6.45, 7) is 3.99. The minimum Gasteiger partial charge on any atom is -0.506 e. The Morgan fingerprint density at radius 3 is 2.69 bits per heavy atom. The van der Waals surface area contributed by atoms with Crippen molar-refractivity contribution in [1.29, 1.82) is 0 Å². The maximum atomic E-state index is 12.8. The van der Waals surface area contributed by atoms with Crippen molar-refractivity contribution in [1.82, 2.24) is 0 Å². The largest absolute Gasteiger partial charge is 0.506 e. The Kier molecular flexibility index (Phi) is 10.1. The van der Waals surface area contributed by atoms with Crippen molar-refractivity contribution in [2.75, 3.05) is 11.9 Å². The number of allylic oxidation sites excluding steroid dienone is 2. The number of hydrogen-bond acceptors (Lipinski definition) is 8. The third kappa shape index (κ3) is 7.64. The lowest BCUT2D eigenvalue weighted by Gasteiger charge is -2.11. The standard InChI is InChI=1S/C32H26BrClN2O8S/c1-18(34)22(24-16-28(44-36-24)31(38)35-25-14-19(33)9-11-26(25)37)8-5-13-42-20-10-12-27-23(15-20)30(32(39)40)29(43-27)17-45(41)21-6-3-2-4-7-21/h2-4,6-12,14-15,28,37H,1,5,13,16-17H2,(H,35,38)(H,39,40). The summed E-state index contributed by atoms with van der Waals surface area (Å²) >= 11 is 9.54. The van der Waals surface area contributed by atoms with Gasteiger partial charge in [0.15, 0.2) is 0 Å². The van der Waals surface area contributed by atoms with Gasteiger partial charge < -0.3 is 29.5 Å². The van der Waals surface area contributed by atoms with Gasteiger partial charge in [-0.15, -0.1) is 0 Å². The highest BCUT2D eigenvalue weighted by Crippen LogP contribution is 2.32. The third-order valence-corrected chi connectivity index (χ3v) is 8.75. The van der Waals surface area contributed by atoms with E-state index in [0.29, 0.717) is 43.8 Å². The van der Waals surface area contributed by atoms with Crippen LogP contribution in [0.15, 0.2) is 109 Å². The van der Waals surface area contributed by atoms with Gasteiger partial charge in [-0.05, 0) is 48.5 Å². The van der Waals surface area contributed by atoms with E-state index in [0.717, 1.165) is 0 Å². The molecule has 5 rings (SSSR count). The molecule has 45 heavy (non-hydrogen) atoms. The molecule has 0 radical (unpaired) electrons. The lowest BCUT2D eigenvalue weighted by atomic mass is 10.0. The van der Waals surface area contributed by atoms with Crippen LogP contribution < -0.4 is 10.1 Å². The normalized spacial score (nSPS) is 15.3. The van der Waals surface area contributed by atoms with Crippen LogP contribution in [0.25, 0.3) is 11.0 Å². The maximum absolute atomic E-state index is 12.8. The first kappa shape index (κ1) is 32.0. The van der Waals surface area contributed by atoms with Crippen molar-refractivity contribution in [3.05, 3.63) is 106 Å². The Labute approximate surface area is 273 Å². The lowest BCUT2D eigenvalue weighted by Crippen LogP contribution is -2.28. The zero-order chi connectivity index (χ0) is 32.1. The first-order valence-electron chi connectivity index (χ1n) is 13.5. The Morgan fingerprint density at radius 1 is 1.18 bits per heavy atom. The molecular formula is C32H26BrClN2O8S. The fraction of sp³-hybridized carbons (Fsp3) is 0.156. The minimum atomic E-state index is -1.49. The molecule has 3 N–H and O–H groups in total. The Bertz CT molecular complexity index is 1870. The van der Waals surface area contributed by atoms with E-state index in [1.807, 2.05) is 6.07 Å². The molecule has 13 heteroatoms. The smallest absolute Gasteiger partial charge is 0.339 e. The molecule has 10 nitrogen and oxygen atoms in total. The predicted octanol–water partition coefficient (Wildman–Crippen LogP) is 7.14. The maximum Gasteiger partial charge on any atom is 0.339 e. The van der Waals surface area contributed by atoms with Crippen LogP contribution in [-0.4, -0.2) is 44.7 Å². The number of ether oxygens (including phenoxy) is 1. The molecular weight excluding hydrogens is 688 g/mol. The molecule has 0 bridgehead atoms. The predicted molar refractivity (Wildman–Crippen MR) is 174 cm³/mol. The second-order valence-electron chi connectivity index (χ2n) is 9.81. The molecule has 0 spiro atoms. The molecule has 2 heterocycles. The third-order valence-electron chi connectivity index (χ3n) is 6.73. The van der Waals surface area contributed by atoms with E-state index in [9.17, 15) is 24.0 Å². The Morgan fingerprint density at radius 2 is 1.96 bits per heavy atom. The number of carboxylic acid groups (broad SMARTS) is 1. The summed E-state index contributed by atoms with van der Waals surface area (Å²) in [6, 6.07) is 18.2. The molecule has 0 saturated carbocycles. The number of furan rings is 1. The van der Waals surface area contributed by atoms with Crippen LogP contribution in [0.2, 0.25) is 0 Å². The number of amides is 1. The number of rotatable bonds is 12. The second kappa shape index (κ2) is 14.1. The Hall–Kier alpha value is -4.39. The van der Waals surface area contributed by atoms with Gasteiger partial charge in [0.05, 0.1) is 34.6 Å². The van der Waals surface area contributed by atoms with Gasteiger partial charge in [-0.2, -0.15) is 0 Å². The molecule has 1 amide bonds. The number of hydrogen-bond donors (Lipinski definition) is 3. The monoisotopic (exact) mass is 712 g/mol. The summed E-state index contributed by atoms with van der Waals surface area (Å²) in [5, 5.41) is 27.1. The average Bonchev–Trinajstić information content (AvgIpc) is 3.64. The summed E-state index contributed by atoms with van der Waals surface area (Å²) in [7, 11) is -1.49. The fourth-order valence-electron chi connectivity index (χ4n) is 4.59. The topological polar surface area (TPSA) is 148 Å². The van der Waals surface area contributed by atoms with E-state index < -0.39 is 28.8 Å². The molecule has 0 aliphatic carbocycles. The summed E-state index contributed by atoms with van der Waals surface area (Å²) < 4.78 is 25.2. The molecule has 0 fully saturated rings. The van der Waals surface area contributed by atoms with Crippen LogP contribution in [0.4, 0.5) is 5.69 Å². The number of halogens is 2. The van der Waals surface area contributed by atoms with Crippen molar-refractivity contribution in [2.24, 2.45) is 5.16 Å². The average molecular weight is 714 g/mol. The number of aromatic hydroxyl groups is 1. The summed E-state index contributed by atoms with van der Waals surface area (Å²) in [5.74, 6) is -1.34. The van der Waals surface area contributed by atoms with Gasteiger partial charge in [0.1, 0.15) is 28.4 Å². The van der Waals surface area contributed by atoms with Crippen LogP contribution in [0.5, 0.6) is 11.5 Å². The van der Waals surface area contributed by atoms with Crippen LogP contribution >= 0.6 is 27.5 Å². The van der Waals surface area contributed by atoms with Crippen LogP contribution in [0, 0.1) is 0 Å². The number of fused-ring (bicyclic) bond motifs is 1. The van der Waals surface area contributed by atoms with Gasteiger partial charge in [0, 0.05) is 38.2 Å². The molecule has 1 aromatic heterocycles. The lowest BCUT2D eigenvalue weighted by molar-refractivity contribution is -0.125. The number of nitrogens with one attached hydrogen (secondary N) is 1. The number of carbonyl (C=O) groups is 2. The van der Waals surface area contributed by atoms with Gasteiger partial charge >= 0.3 is 5.97 Å². The first-order chi connectivity index (χ1) is 21.6. The second-order valence-corrected chi connectivity index (χ2v) is 12.6. The number of nitrogens with zero attached hydrogens (tertiary/aromatic N) is 1. The van der Waals surface area contributed by atoms with Crippen LogP contribution in [0.3, 0.4) is 0 Å². The summed E-state index contributed by atoms with van der Waals surface area (Å²) in [4.78, 5) is 30.8. The van der Waals surface area contributed by atoms with Crippen molar-refractivity contribution in [2.45, 2.75) is 29.6 Å². The zero-order valence-corrected chi connectivity index (χ0v) is 26.7. The molecule has 3 aromatic carbocycles. The van der Waals surface area contributed by atoms with Crippen molar-refractivity contribution >= 4 is 72.6 Å². The van der Waals surface area contributed by atoms with Crippen molar-refractivity contribution in [3.63, 3.8) is 0 Å². The zero-order valence-electron chi connectivity index (χ0n) is 23.5. The minimum absolute atomic E-state index is 0.0618. The van der Waals surface area contributed by atoms with Crippen LogP contribution in [-0.2, 0) is 26.2 Å². The number of carbonyl (C=O) groups excluding carboxylic acids is 1. The van der Waals surface area contributed by atoms with Gasteiger partial charge in [0.25, 0.3) is 5.91 Å². The van der Waals surface area contributed by atoms with E-state index in [2.05, 4.69) is 33.0 Å². The van der Waals surface area contributed by atoms with Crippen molar-refractivity contribution < 1.29 is 38.0 Å². The number of aromatic carboxylic acids is 1. The van der Waals surface area contributed by atoms with E-state index >= 15 is 0 Å². The quantitative estimate of drug-likeness (QED) is 0.0798. The van der Waals surface area contributed by atoms with E-state index in [1.165, 1.54) is 6.07 Å². The highest BCUT2D eigenvalue weighted by Gasteiger charge is 2.31. The van der Waals surface area contributed by atoms with Gasteiger partial charge in [-0.3, -0.25) is 9.00 Å². The molecule has 0 saturated heterocycles. The molecule has 4 aromatic rings. The first-order valence-corrected chi connectivity index (χ1v) is 16.0. The van der Waals surface area contributed by atoms with E-state index in [4.69, 9.17) is 25.6 Å². The number of phenols is 1. The van der Waals surface area contributed by atoms with Crippen molar-refractivity contribution in [3.8, 4) is 11.5 Å². The van der Waals surface area contributed by atoms with Gasteiger partial charge in [0.2, 0.25) is 6.10 Å². The van der Waals surface area contributed by atoms with Gasteiger partial charge in [-0.25, -0.2) is 4.79 Å². The van der Waals surface area contributed by atoms with Gasteiger partial charge in [-0.1, -0.05) is 63.5 Å². The fourth-order valence-corrected chi connectivity index (χ4v) is 6.21. The summed E-state index contributed by atoms with van der Waals surface area (Å²) in [6.07, 6.45) is 1.33. The number of phenolic OH excluding ortho intramolecular Hbond substituents is 1. The number of oxime groups is 1. The molecule has 1 aliphatic heterocycles. The molecule has 232 valence electrons. The number of anilines is 1. The van der Waals surface area contributed by atoms with Crippen LogP contribution in [0.1, 0.15) is 29.0 Å². The SMILES string of the molecule is C=C(Cl)C(=CCCOc1ccc2oc(CS(=O)c3ccccc3)c(C(=O)O)c2c1)C1=NOC(C(=O)Nc2cc(Br)ccc2O)C1. The highest BCUT2D eigenvalue weighted by atomic mass is 79.9. The molecule has 1 aliphatic rings.